The van der Waals surface area contributed by atoms with Crippen LogP contribution >= 0.6 is 11.3 Å². The fraction of sp³-hybridized carbons (Fsp3) is 0.0588. The number of carbonyl (C=O) groups excluding carboxylic acids is 1. The van der Waals surface area contributed by atoms with E-state index in [0.29, 0.717) is 16.9 Å². The second-order valence-corrected chi connectivity index (χ2v) is 6.06. The summed E-state index contributed by atoms with van der Waals surface area (Å²) in [5.74, 6) is 0.485. The van der Waals surface area contributed by atoms with E-state index in [9.17, 15) is 4.79 Å². The molecule has 0 saturated carbocycles. The number of amides is 1. The van der Waals surface area contributed by atoms with Crippen molar-refractivity contribution in [2.45, 2.75) is 6.92 Å². The lowest BCUT2D eigenvalue weighted by Gasteiger charge is -2.05. The van der Waals surface area contributed by atoms with Crippen molar-refractivity contribution in [1.82, 2.24) is 15.0 Å². The van der Waals surface area contributed by atoms with Crippen LogP contribution in [-0.4, -0.2) is 20.9 Å². The number of hydrogen-bond donors (Lipinski definition) is 1. The first-order chi connectivity index (χ1) is 11.2. The van der Waals surface area contributed by atoms with Crippen molar-refractivity contribution in [1.29, 1.82) is 0 Å². The van der Waals surface area contributed by atoms with E-state index in [2.05, 4.69) is 20.3 Å². The summed E-state index contributed by atoms with van der Waals surface area (Å²) >= 11 is 1.47. The summed E-state index contributed by atoms with van der Waals surface area (Å²) in [5.41, 5.74) is 2.90. The molecule has 0 radical (unpaired) electrons. The number of carbonyl (C=O) groups is 1. The number of nitrogens with zero attached hydrogens (tertiary/aromatic N) is 3. The van der Waals surface area contributed by atoms with Gasteiger partial charge in [-0.05, 0) is 31.2 Å². The summed E-state index contributed by atoms with van der Waals surface area (Å²) in [4.78, 5) is 25.4. The molecule has 1 amide bonds. The van der Waals surface area contributed by atoms with Crippen LogP contribution in [0.25, 0.3) is 21.1 Å². The Morgan fingerprint density at radius 3 is 3.04 bits per heavy atom. The number of hydrogen-bond acceptors (Lipinski definition) is 5. The molecule has 4 rings (SSSR count). The Kier molecular flexibility index (Phi) is 3.24. The van der Waals surface area contributed by atoms with Gasteiger partial charge in [-0.3, -0.25) is 9.78 Å². The molecule has 0 unspecified atom stereocenters. The van der Waals surface area contributed by atoms with Crippen molar-refractivity contribution in [3.05, 3.63) is 59.5 Å². The van der Waals surface area contributed by atoms with E-state index in [0.717, 1.165) is 21.3 Å². The Morgan fingerprint density at radius 1 is 1.22 bits per heavy atom. The Morgan fingerprint density at radius 2 is 2.13 bits per heavy atom. The van der Waals surface area contributed by atoms with E-state index in [1.807, 2.05) is 42.6 Å². The van der Waals surface area contributed by atoms with E-state index in [-0.39, 0.29) is 5.91 Å². The van der Waals surface area contributed by atoms with Crippen molar-refractivity contribution in [3.8, 4) is 0 Å². The normalized spacial score (nSPS) is 11.0. The van der Waals surface area contributed by atoms with Crippen LogP contribution in [0.15, 0.2) is 48.1 Å². The topological polar surface area (TPSA) is 67.8 Å². The molecule has 3 aromatic heterocycles. The van der Waals surface area contributed by atoms with Gasteiger partial charge in [-0.1, -0.05) is 6.07 Å². The van der Waals surface area contributed by atoms with Crippen LogP contribution in [0.1, 0.15) is 16.2 Å². The zero-order chi connectivity index (χ0) is 15.8. The molecule has 0 aliphatic carbocycles. The summed E-state index contributed by atoms with van der Waals surface area (Å²) in [6, 6.07) is 9.49. The molecule has 4 aromatic rings. The van der Waals surface area contributed by atoms with E-state index in [4.69, 9.17) is 0 Å². The first kappa shape index (κ1) is 13.8. The molecule has 1 N–H and O–H groups in total. The molecule has 1 aromatic carbocycles. The summed E-state index contributed by atoms with van der Waals surface area (Å²) < 4.78 is 0.906. The number of fused-ring (bicyclic) bond motifs is 2. The summed E-state index contributed by atoms with van der Waals surface area (Å²) in [6.45, 7) is 1.81. The second kappa shape index (κ2) is 5.40. The maximum atomic E-state index is 12.6. The SMILES string of the molecule is Cc1ncc2scc(C(=O)Nc3ccc4ncccc4c3)c2n1. The van der Waals surface area contributed by atoms with Crippen molar-refractivity contribution >= 4 is 44.1 Å². The van der Waals surface area contributed by atoms with Crippen LogP contribution in [0.4, 0.5) is 5.69 Å². The lowest BCUT2D eigenvalue weighted by atomic mass is 10.2. The van der Waals surface area contributed by atoms with Gasteiger partial charge in [-0.25, -0.2) is 9.97 Å². The van der Waals surface area contributed by atoms with Crippen molar-refractivity contribution in [3.63, 3.8) is 0 Å². The lowest BCUT2D eigenvalue weighted by molar-refractivity contribution is 0.102. The quantitative estimate of drug-likeness (QED) is 0.610. The molecule has 0 saturated heterocycles. The molecule has 3 heterocycles. The van der Waals surface area contributed by atoms with Crippen LogP contribution in [0.5, 0.6) is 0 Å². The number of thiophene rings is 1. The highest BCUT2D eigenvalue weighted by Gasteiger charge is 2.14. The second-order valence-electron chi connectivity index (χ2n) is 5.14. The zero-order valence-corrected chi connectivity index (χ0v) is 13.1. The number of anilines is 1. The lowest BCUT2D eigenvalue weighted by Crippen LogP contribution is -2.11. The summed E-state index contributed by atoms with van der Waals surface area (Å²) in [5, 5.41) is 5.73. The number of aromatic nitrogens is 3. The van der Waals surface area contributed by atoms with Crippen molar-refractivity contribution < 1.29 is 4.79 Å². The predicted molar refractivity (Wildman–Crippen MR) is 91.8 cm³/mol. The zero-order valence-electron chi connectivity index (χ0n) is 12.3. The minimum Gasteiger partial charge on any atom is -0.322 e. The third-order valence-electron chi connectivity index (χ3n) is 3.54. The molecule has 23 heavy (non-hydrogen) atoms. The Hall–Kier alpha value is -2.86. The van der Waals surface area contributed by atoms with Gasteiger partial charge < -0.3 is 5.32 Å². The minimum atomic E-state index is -0.169. The maximum Gasteiger partial charge on any atom is 0.258 e. The highest BCUT2D eigenvalue weighted by Crippen LogP contribution is 2.25. The average Bonchev–Trinajstić information content (AvgIpc) is 2.98. The number of pyridine rings is 1. The Balaban J connectivity index is 1.69. The van der Waals surface area contributed by atoms with Crippen molar-refractivity contribution in [2.75, 3.05) is 5.32 Å². The van der Waals surface area contributed by atoms with Crippen LogP contribution in [0.2, 0.25) is 0 Å². The highest BCUT2D eigenvalue weighted by atomic mass is 32.1. The average molecular weight is 320 g/mol. The van der Waals surface area contributed by atoms with E-state index in [1.165, 1.54) is 11.3 Å². The highest BCUT2D eigenvalue weighted by molar-refractivity contribution is 7.17. The summed E-state index contributed by atoms with van der Waals surface area (Å²) in [7, 11) is 0. The van der Waals surface area contributed by atoms with Gasteiger partial charge in [0.05, 0.1) is 21.3 Å². The van der Waals surface area contributed by atoms with Crippen LogP contribution in [0, 0.1) is 6.92 Å². The van der Waals surface area contributed by atoms with E-state index < -0.39 is 0 Å². The molecule has 0 spiro atoms. The Bertz CT molecular complexity index is 1040. The number of benzene rings is 1. The molecule has 0 aliphatic rings. The van der Waals surface area contributed by atoms with Gasteiger partial charge in [0.2, 0.25) is 0 Å². The molecule has 112 valence electrons. The molecule has 0 fully saturated rings. The Labute approximate surface area is 136 Å². The molecule has 0 bridgehead atoms. The van der Waals surface area contributed by atoms with Gasteiger partial charge in [-0.2, -0.15) is 0 Å². The van der Waals surface area contributed by atoms with Crippen LogP contribution in [-0.2, 0) is 0 Å². The van der Waals surface area contributed by atoms with Crippen LogP contribution < -0.4 is 5.32 Å². The van der Waals surface area contributed by atoms with Gasteiger partial charge in [0.15, 0.2) is 0 Å². The minimum absolute atomic E-state index is 0.169. The number of rotatable bonds is 2. The predicted octanol–water partition coefficient (Wildman–Crippen LogP) is 3.80. The first-order valence-corrected chi connectivity index (χ1v) is 7.96. The monoisotopic (exact) mass is 320 g/mol. The van der Waals surface area contributed by atoms with Gasteiger partial charge in [0, 0.05) is 28.8 Å². The van der Waals surface area contributed by atoms with Crippen LogP contribution in [0.3, 0.4) is 0 Å². The number of nitrogens with one attached hydrogen (secondary N) is 1. The van der Waals surface area contributed by atoms with E-state index >= 15 is 0 Å². The third kappa shape index (κ3) is 2.53. The van der Waals surface area contributed by atoms with Gasteiger partial charge in [0.25, 0.3) is 5.91 Å². The molecule has 0 aliphatic heterocycles. The number of aryl methyl sites for hydroxylation is 1. The molecule has 6 heteroatoms. The first-order valence-electron chi connectivity index (χ1n) is 7.08. The largest absolute Gasteiger partial charge is 0.322 e. The smallest absolute Gasteiger partial charge is 0.258 e. The third-order valence-corrected chi connectivity index (χ3v) is 4.45. The molecule has 0 atom stereocenters. The maximum absolute atomic E-state index is 12.6. The van der Waals surface area contributed by atoms with Gasteiger partial charge in [0.1, 0.15) is 5.82 Å². The van der Waals surface area contributed by atoms with E-state index in [1.54, 1.807) is 12.4 Å². The van der Waals surface area contributed by atoms with Gasteiger partial charge in [-0.15, -0.1) is 11.3 Å². The molecule has 5 nitrogen and oxygen atoms in total. The summed E-state index contributed by atoms with van der Waals surface area (Å²) in [6.07, 6.45) is 3.50. The standard InChI is InChI=1S/C17H12N4OS/c1-10-19-8-15-16(20-10)13(9-23-15)17(22)21-12-4-5-14-11(7-12)3-2-6-18-14/h2-9H,1H3,(H,21,22). The fourth-order valence-electron chi connectivity index (χ4n) is 2.43. The van der Waals surface area contributed by atoms with Crippen molar-refractivity contribution in [2.24, 2.45) is 0 Å². The molecular formula is C17H12N4OS. The van der Waals surface area contributed by atoms with Gasteiger partial charge >= 0.3 is 0 Å². The fourth-order valence-corrected chi connectivity index (χ4v) is 3.27. The molecular weight excluding hydrogens is 308 g/mol.